The largest absolute Gasteiger partial charge is 0.462 e. The molecule has 1 N–H and O–H groups in total. The molecule has 0 radical (unpaired) electrons. The van der Waals surface area contributed by atoms with Crippen LogP contribution in [0.5, 0.6) is 0 Å². The number of imide groups is 1. The number of hydrogen-bond donors (Lipinski definition) is 1. The van der Waals surface area contributed by atoms with Crippen LogP contribution in [0.25, 0.3) is 0 Å². The van der Waals surface area contributed by atoms with Crippen molar-refractivity contribution in [1.29, 1.82) is 0 Å². The Hall–Kier alpha value is -2.34. The third-order valence-corrected chi connectivity index (χ3v) is 5.45. The highest BCUT2D eigenvalue weighted by Gasteiger charge is 2.42. The molecular formula is C21H25ClN2O4. The molecule has 0 unspecified atom stereocenters. The van der Waals surface area contributed by atoms with Gasteiger partial charge in [-0.1, -0.05) is 50.3 Å². The lowest BCUT2D eigenvalue weighted by Gasteiger charge is -2.29. The molecule has 28 heavy (non-hydrogen) atoms. The lowest BCUT2D eigenvalue weighted by Crippen LogP contribution is -2.42. The highest BCUT2D eigenvalue weighted by atomic mass is 35.5. The molecule has 1 heterocycles. The first-order chi connectivity index (χ1) is 13.5. The second-order valence-electron chi connectivity index (χ2n) is 7.16. The summed E-state index contributed by atoms with van der Waals surface area (Å²) in [6, 6.07) is 6.54. The fourth-order valence-corrected chi connectivity index (χ4v) is 3.78. The minimum absolute atomic E-state index is 0.0636. The van der Waals surface area contributed by atoms with Gasteiger partial charge in [0, 0.05) is 11.7 Å². The van der Waals surface area contributed by atoms with Crippen LogP contribution in [0.4, 0.5) is 5.69 Å². The SMILES string of the molecule is CCCCOC(=O)c1cccc(NC2=C(Cl)C(=O)N(C3CCCCC3)C2=O)c1. The molecule has 6 nitrogen and oxygen atoms in total. The quantitative estimate of drug-likeness (QED) is 0.418. The van der Waals surface area contributed by atoms with E-state index in [1.165, 1.54) is 4.90 Å². The third-order valence-electron chi connectivity index (χ3n) is 5.10. The molecule has 3 rings (SSSR count). The average Bonchev–Trinajstić information content (AvgIpc) is 2.92. The molecule has 0 saturated heterocycles. The van der Waals surface area contributed by atoms with Crippen molar-refractivity contribution in [3.05, 3.63) is 40.6 Å². The number of nitrogens with one attached hydrogen (secondary N) is 1. The number of benzene rings is 1. The van der Waals surface area contributed by atoms with Crippen LogP contribution < -0.4 is 5.32 Å². The number of amides is 2. The summed E-state index contributed by atoms with van der Waals surface area (Å²) in [6.07, 6.45) is 6.51. The number of unbranched alkanes of at least 4 members (excludes halogenated alkanes) is 1. The van der Waals surface area contributed by atoms with Gasteiger partial charge in [-0.05, 0) is 37.5 Å². The van der Waals surface area contributed by atoms with Crippen LogP contribution in [0, 0.1) is 0 Å². The number of hydrogen-bond acceptors (Lipinski definition) is 5. The molecule has 1 aromatic rings. The second kappa shape index (κ2) is 9.24. The lowest BCUT2D eigenvalue weighted by atomic mass is 9.94. The maximum Gasteiger partial charge on any atom is 0.338 e. The highest BCUT2D eigenvalue weighted by molar-refractivity contribution is 6.48. The van der Waals surface area contributed by atoms with Crippen LogP contribution in [0.3, 0.4) is 0 Å². The predicted molar refractivity (Wildman–Crippen MR) is 107 cm³/mol. The fraction of sp³-hybridized carbons (Fsp3) is 0.476. The molecule has 0 atom stereocenters. The Balaban J connectivity index is 1.72. The van der Waals surface area contributed by atoms with Gasteiger partial charge in [0.2, 0.25) is 0 Å². The lowest BCUT2D eigenvalue weighted by molar-refractivity contribution is -0.140. The predicted octanol–water partition coefficient (Wildman–Crippen LogP) is 4.21. The number of esters is 1. The van der Waals surface area contributed by atoms with Crippen LogP contribution >= 0.6 is 11.6 Å². The highest BCUT2D eigenvalue weighted by Crippen LogP contribution is 2.32. The summed E-state index contributed by atoms with van der Waals surface area (Å²) in [5.74, 6) is -1.27. The smallest absolute Gasteiger partial charge is 0.338 e. The molecule has 1 aromatic carbocycles. The van der Waals surface area contributed by atoms with Crippen molar-refractivity contribution >= 4 is 35.1 Å². The van der Waals surface area contributed by atoms with E-state index >= 15 is 0 Å². The minimum atomic E-state index is -0.448. The zero-order chi connectivity index (χ0) is 20.1. The van der Waals surface area contributed by atoms with Gasteiger partial charge in [-0.15, -0.1) is 0 Å². The van der Waals surface area contributed by atoms with Gasteiger partial charge < -0.3 is 10.1 Å². The number of ether oxygens (including phenoxy) is 1. The molecule has 7 heteroatoms. The first-order valence-corrected chi connectivity index (χ1v) is 10.2. The summed E-state index contributed by atoms with van der Waals surface area (Å²) in [5.41, 5.74) is 0.942. The van der Waals surface area contributed by atoms with Crippen molar-refractivity contribution in [3.63, 3.8) is 0 Å². The molecule has 1 aliphatic heterocycles. The Morgan fingerprint density at radius 2 is 1.96 bits per heavy atom. The summed E-state index contributed by atoms with van der Waals surface area (Å²) >= 11 is 6.19. The Bertz CT molecular complexity index is 799. The van der Waals surface area contributed by atoms with Crippen molar-refractivity contribution in [2.75, 3.05) is 11.9 Å². The first-order valence-electron chi connectivity index (χ1n) is 9.84. The Kier molecular flexibility index (Phi) is 6.73. The van der Waals surface area contributed by atoms with Gasteiger partial charge in [0.15, 0.2) is 0 Å². The van der Waals surface area contributed by atoms with E-state index in [0.29, 0.717) is 17.9 Å². The fourth-order valence-electron chi connectivity index (χ4n) is 3.56. The van der Waals surface area contributed by atoms with Crippen molar-refractivity contribution in [2.24, 2.45) is 0 Å². The zero-order valence-electron chi connectivity index (χ0n) is 16.0. The van der Waals surface area contributed by atoms with Crippen molar-refractivity contribution in [1.82, 2.24) is 4.90 Å². The van der Waals surface area contributed by atoms with Crippen molar-refractivity contribution < 1.29 is 19.1 Å². The molecule has 150 valence electrons. The van der Waals surface area contributed by atoms with Gasteiger partial charge in [0.1, 0.15) is 10.7 Å². The summed E-state index contributed by atoms with van der Waals surface area (Å²) in [6.45, 7) is 2.39. The Morgan fingerprint density at radius 1 is 1.21 bits per heavy atom. The second-order valence-corrected chi connectivity index (χ2v) is 7.53. The van der Waals surface area contributed by atoms with Gasteiger partial charge in [-0.3, -0.25) is 14.5 Å². The van der Waals surface area contributed by atoms with E-state index in [1.54, 1.807) is 24.3 Å². The molecule has 1 aliphatic carbocycles. The molecule has 1 fully saturated rings. The number of anilines is 1. The van der Waals surface area contributed by atoms with Gasteiger partial charge in [-0.2, -0.15) is 0 Å². The van der Waals surface area contributed by atoms with Gasteiger partial charge in [0.25, 0.3) is 11.8 Å². The number of carbonyl (C=O) groups excluding carboxylic acids is 3. The maximum atomic E-state index is 12.8. The van der Waals surface area contributed by atoms with E-state index in [0.717, 1.165) is 44.9 Å². The van der Waals surface area contributed by atoms with E-state index in [9.17, 15) is 14.4 Å². The normalized spacial score (nSPS) is 18.0. The standard InChI is InChI=1S/C21H25ClN2O4/c1-2-3-12-28-21(27)14-8-7-9-15(13-14)23-18-17(22)19(25)24(20(18)26)16-10-5-4-6-11-16/h7-9,13,16,23H,2-6,10-12H2,1H3. The van der Waals surface area contributed by atoms with Crippen molar-refractivity contribution in [2.45, 2.75) is 57.9 Å². The average molecular weight is 405 g/mol. The monoisotopic (exact) mass is 404 g/mol. The Labute approximate surface area is 169 Å². The summed E-state index contributed by atoms with van der Waals surface area (Å²) < 4.78 is 5.22. The molecule has 1 saturated carbocycles. The van der Waals surface area contributed by atoms with E-state index < -0.39 is 17.8 Å². The van der Waals surface area contributed by atoms with E-state index in [4.69, 9.17) is 16.3 Å². The number of halogens is 1. The van der Waals surface area contributed by atoms with Gasteiger partial charge >= 0.3 is 5.97 Å². The molecule has 0 bridgehead atoms. The van der Waals surface area contributed by atoms with Gasteiger partial charge in [-0.25, -0.2) is 4.79 Å². The number of carbonyl (C=O) groups is 3. The molecular weight excluding hydrogens is 380 g/mol. The summed E-state index contributed by atoms with van der Waals surface area (Å²) in [4.78, 5) is 38.8. The first kappa shape index (κ1) is 20.4. The maximum absolute atomic E-state index is 12.8. The van der Waals surface area contributed by atoms with E-state index in [2.05, 4.69) is 5.32 Å². The van der Waals surface area contributed by atoms with Crippen LogP contribution in [-0.4, -0.2) is 35.3 Å². The van der Waals surface area contributed by atoms with E-state index in [-0.39, 0.29) is 16.8 Å². The van der Waals surface area contributed by atoms with Crippen molar-refractivity contribution in [3.8, 4) is 0 Å². The van der Waals surface area contributed by atoms with Gasteiger partial charge in [0.05, 0.1) is 12.2 Å². The molecule has 2 aliphatic rings. The van der Waals surface area contributed by atoms with Crippen LogP contribution in [0.1, 0.15) is 62.2 Å². The van der Waals surface area contributed by atoms with Crippen LogP contribution in [0.15, 0.2) is 35.0 Å². The third kappa shape index (κ3) is 4.38. The van der Waals surface area contributed by atoms with Crippen LogP contribution in [0.2, 0.25) is 0 Å². The van der Waals surface area contributed by atoms with E-state index in [1.807, 2.05) is 6.92 Å². The number of nitrogens with zero attached hydrogens (tertiary/aromatic N) is 1. The molecule has 0 spiro atoms. The number of rotatable bonds is 7. The Morgan fingerprint density at radius 3 is 2.68 bits per heavy atom. The topological polar surface area (TPSA) is 75.7 Å². The zero-order valence-corrected chi connectivity index (χ0v) is 16.8. The minimum Gasteiger partial charge on any atom is -0.462 e. The molecule has 0 aromatic heterocycles. The molecule has 2 amide bonds. The summed E-state index contributed by atoms with van der Waals surface area (Å²) in [7, 11) is 0. The van der Waals surface area contributed by atoms with Crippen LogP contribution in [-0.2, 0) is 14.3 Å². The summed E-state index contributed by atoms with van der Waals surface area (Å²) in [5, 5.41) is 2.83.